The van der Waals surface area contributed by atoms with Crippen molar-refractivity contribution in [3.05, 3.63) is 77.7 Å². The van der Waals surface area contributed by atoms with E-state index in [1.165, 1.54) is 18.3 Å². The number of benzene rings is 2. The molecule has 2 amide bonds. The van der Waals surface area contributed by atoms with Gasteiger partial charge < -0.3 is 19.2 Å². The molecule has 0 bridgehead atoms. The molecular formula is C27H30N2O5. The minimum Gasteiger partial charge on any atom is -0.497 e. The molecule has 3 aromatic rings. The number of amides is 2. The van der Waals surface area contributed by atoms with Gasteiger partial charge in [-0.1, -0.05) is 42.7 Å². The van der Waals surface area contributed by atoms with Crippen LogP contribution >= 0.6 is 0 Å². The zero-order valence-electron chi connectivity index (χ0n) is 19.7. The second-order valence-corrected chi connectivity index (χ2v) is 8.49. The summed E-state index contributed by atoms with van der Waals surface area (Å²) in [4.78, 5) is 29.1. The van der Waals surface area contributed by atoms with E-state index in [9.17, 15) is 9.59 Å². The number of carbonyl (C=O) groups excluding carboxylic acids is 2. The van der Waals surface area contributed by atoms with Crippen molar-refractivity contribution >= 4 is 17.5 Å². The van der Waals surface area contributed by atoms with E-state index in [4.69, 9.17) is 13.9 Å². The molecule has 7 nitrogen and oxygen atoms in total. The molecule has 7 heteroatoms. The van der Waals surface area contributed by atoms with Crippen LogP contribution in [0, 0.1) is 6.92 Å². The number of aryl methyl sites for hydroxylation is 1. The molecule has 0 aliphatic heterocycles. The van der Waals surface area contributed by atoms with Crippen molar-refractivity contribution in [1.29, 1.82) is 0 Å². The fourth-order valence-electron chi connectivity index (χ4n) is 4.39. The van der Waals surface area contributed by atoms with Gasteiger partial charge >= 0.3 is 0 Å². The summed E-state index contributed by atoms with van der Waals surface area (Å²) >= 11 is 0. The lowest BCUT2D eigenvalue weighted by Crippen LogP contribution is -2.46. The number of ether oxygens (including phenoxy) is 2. The number of hydrogen-bond donors (Lipinski definition) is 1. The molecule has 1 fully saturated rings. The van der Waals surface area contributed by atoms with Crippen molar-refractivity contribution in [2.24, 2.45) is 0 Å². The lowest BCUT2D eigenvalue weighted by molar-refractivity contribution is -0.123. The Morgan fingerprint density at radius 1 is 1.03 bits per heavy atom. The molecule has 0 radical (unpaired) electrons. The molecule has 1 aliphatic carbocycles. The monoisotopic (exact) mass is 462 g/mol. The zero-order chi connectivity index (χ0) is 24.1. The highest BCUT2D eigenvalue weighted by atomic mass is 16.5. The largest absolute Gasteiger partial charge is 0.497 e. The normalized spacial score (nSPS) is 14.4. The zero-order valence-corrected chi connectivity index (χ0v) is 19.7. The Morgan fingerprint density at radius 2 is 1.76 bits per heavy atom. The van der Waals surface area contributed by atoms with Crippen molar-refractivity contribution in [3.8, 4) is 11.5 Å². The number of anilines is 1. The summed E-state index contributed by atoms with van der Waals surface area (Å²) in [6, 6.07) is 15.2. The lowest BCUT2D eigenvalue weighted by Gasteiger charge is -2.32. The maximum atomic E-state index is 13.8. The van der Waals surface area contributed by atoms with E-state index >= 15 is 0 Å². The van der Waals surface area contributed by atoms with Crippen molar-refractivity contribution in [3.63, 3.8) is 0 Å². The first-order valence-electron chi connectivity index (χ1n) is 11.5. The van der Waals surface area contributed by atoms with E-state index in [0.29, 0.717) is 22.7 Å². The molecule has 34 heavy (non-hydrogen) atoms. The van der Waals surface area contributed by atoms with E-state index < -0.39 is 11.9 Å². The van der Waals surface area contributed by atoms with Gasteiger partial charge in [0.05, 0.1) is 26.2 Å². The molecule has 1 aliphatic rings. The van der Waals surface area contributed by atoms with Gasteiger partial charge in [0.1, 0.15) is 17.5 Å². The standard InChI is InChI=1S/C27H30N2O5/c1-18-10-12-19(13-11-18)25(26(30)28-20-7-4-5-8-20)29(27(31)23-9-6-16-34-23)22-15-14-21(32-2)17-24(22)33-3/h6,9-17,20,25H,4-5,7-8H2,1-3H3,(H,28,30)/t25-/m0/s1. The average molecular weight is 463 g/mol. The molecule has 178 valence electrons. The Hall–Kier alpha value is -3.74. The highest BCUT2D eigenvalue weighted by Crippen LogP contribution is 2.38. The summed E-state index contributed by atoms with van der Waals surface area (Å²) in [5.74, 6) is 0.427. The molecule has 2 aromatic carbocycles. The summed E-state index contributed by atoms with van der Waals surface area (Å²) in [7, 11) is 3.08. The van der Waals surface area contributed by atoms with E-state index in [1.807, 2.05) is 31.2 Å². The van der Waals surface area contributed by atoms with E-state index in [2.05, 4.69) is 5.32 Å². The molecule has 1 heterocycles. The summed E-state index contributed by atoms with van der Waals surface area (Å²) in [6.07, 6.45) is 5.48. The van der Waals surface area contributed by atoms with E-state index in [1.54, 1.807) is 37.4 Å². The Labute approximate surface area is 199 Å². The minimum absolute atomic E-state index is 0.0961. The van der Waals surface area contributed by atoms with Crippen molar-refractivity contribution in [1.82, 2.24) is 5.32 Å². The van der Waals surface area contributed by atoms with Gasteiger partial charge in [-0.25, -0.2) is 0 Å². The second kappa shape index (κ2) is 10.5. The number of carbonyl (C=O) groups is 2. The predicted octanol–water partition coefficient (Wildman–Crippen LogP) is 5.05. The van der Waals surface area contributed by atoms with Gasteiger partial charge in [-0.3, -0.25) is 14.5 Å². The number of nitrogens with zero attached hydrogens (tertiary/aromatic N) is 1. The Bertz CT molecular complexity index is 1120. The van der Waals surface area contributed by atoms with Gasteiger partial charge in [0.2, 0.25) is 5.91 Å². The Kier molecular flexibility index (Phi) is 7.21. The number of hydrogen-bond acceptors (Lipinski definition) is 5. The van der Waals surface area contributed by atoms with Crippen LogP contribution in [-0.4, -0.2) is 32.1 Å². The maximum Gasteiger partial charge on any atom is 0.295 e. The second-order valence-electron chi connectivity index (χ2n) is 8.49. The van der Waals surface area contributed by atoms with Gasteiger partial charge in [0, 0.05) is 12.1 Å². The minimum atomic E-state index is -0.930. The van der Waals surface area contributed by atoms with Gasteiger partial charge in [-0.15, -0.1) is 0 Å². The number of nitrogens with one attached hydrogen (secondary N) is 1. The van der Waals surface area contributed by atoms with E-state index in [0.717, 1.165) is 31.2 Å². The SMILES string of the molecule is COc1ccc(N(C(=O)c2ccco2)[C@H](C(=O)NC2CCCC2)c2ccc(C)cc2)c(OC)c1. The number of rotatable bonds is 8. The molecule has 0 saturated heterocycles. The average Bonchev–Trinajstić information content (AvgIpc) is 3.57. The predicted molar refractivity (Wildman–Crippen MR) is 129 cm³/mol. The molecule has 1 saturated carbocycles. The molecule has 0 spiro atoms. The first-order valence-corrected chi connectivity index (χ1v) is 11.5. The highest BCUT2D eigenvalue weighted by Gasteiger charge is 2.37. The topological polar surface area (TPSA) is 81.0 Å². The van der Waals surface area contributed by atoms with Crippen LogP contribution in [-0.2, 0) is 4.79 Å². The van der Waals surface area contributed by atoms with Crippen molar-refractivity contribution in [2.45, 2.75) is 44.7 Å². The van der Waals surface area contributed by atoms with Crippen LogP contribution < -0.4 is 19.7 Å². The van der Waals surface area contributed by atoms with Crippen LogP contribution in [0.4, 0.5) is 5.69 Å². The molecule has 0 unspecified atom stereocenters. The van der Waals surface area contributed by atoms with Crippen LogP contribution in [0.2, 0.25) is 0 Å². The molecule has 1 atom stereocenters. The highest BCUT2D eigenvalue weighted by molar-refractivity contribution is 6.09. The molecule has 1 aromatic heterocycles. The summed E-state index contributed by atoms with van der Waals surface area (Å²) in [5.41, 5.74) is 2.19. The third-order valence-electron chi connectivity index (χ3n) is 6.20. The Balaban J connectivity index is 1.86. The first kappa shape index (κ1) is 23.4. The third kappa shape index (κ3) is 4.93. The van der Waals surface area contributed by atoms with Crippen LogP contribution in [0.3, 0.4) is 0 Å². The van der Waals surface area contributed by atoms with Gasteiger partial charge in [-0.05, 0) is 49.6 Å². The Morgan fingerprint density at radius 3 is 2.38 bits per heavy atom. The fourth-order valence-corrected chi connectivity index (χ4v) is 4.39. The van der Waals surface area contributed by atoms with Gasteiger partial charge in [0.25, 0.3) is 5.91 Å². The molecule has 1 N–H and O–H groups in total. The lowest BCUT2D eigenvalue weighted by atomic mass is 10.0. The van der Waals surface area contributed by atoms with E-state index in [-0.39, 0.29) is 17.7 Å². The third-order valence-corrected chi connectivity index (χ3v) is 6.20. The quantitative estimate of drug-likeness (QED) is 0.507. The summed E-state index contributed by atoms with van der Waals surface area (Å²) < 4.78 is 16.4. The van der Waals surface area contributed by atoms with Crippen molar-refractivity contribution < 1.29 is 23.5 Å². The molecular weight excluding hydrogens is 432 g/mol. The van der Waals surface area contributed by atoms with Gasteiger partial charge in [0.15, 0.2) is 5.76 Å². The first-order chi connectivity index (χ1) is 16.5. The van der Waals surface area contributed by atoms with Crippen LogP contribution in [0.1, 0.15) is 53.4 Å². The summed E-state index contributed by atoms with van der Waals surface area (Å²) in [6.45, 7) is 1.98. The van der Waals surface area contributed by atoms with Crippen LogP contribution in [0.5, 0.6) is 11.5 Å². The summed E-state index contributed by atoms with van der Waals surface area (Å²) in [5, 5.41) is 3.17. The maximum absolute atomic E-state index is 13.8. The molecule has 4 rings (SSSR count). The number of furan rings is 1. The smallest absolute Gasteiger partial charge is 0.295 e. The van der Waals surface area contributed by atoms with Crippen LogP contribution in [0.25, 0.3) is 0 Å². The number of methoxy groups -OCH3 is 2. The van der Waals surface area contributed by atoms with Crippen LogP contribution in [0.15, 0.2) is 65.3 Å². The van der Waals surface area contributed by atoms with Gasteiger partial charge in [-0.2, -0.15) is 0 Å². The fraction of sp³-hybridized carbons (Fsp3) is 0.333. The van der Waals surface area contributed by atoms with Crippen molar-refractivity contribution in [2.75, 3.05) is 19.1 Å².